The van der Waals surface area contributed by atoms with Crippen LogP contribution in [0.15, 0.2) is 18.2 Å². The summed E-state index contributed by atoms with van der Waals surface area (Å²) in [6.07, 6.45) is 1.39. The van der Waals surface area contributed by atoms with Crippen LogP contribution in [0.4, 0.5) is 4.39 Å². The van der Waals surface area contributed by atoms with Gasteiger partial charge in [-0.2, -0.15) is 0 Å². The Labute approximate surface area is 101 Å². The summed E-state index contributed by atoms with van der Waals surface area (Å²) in [6.45, 7) is 1.79. The molecule has 1 unspecified atom stereocenters. The van der Waals surface area contributed by atoms with Crippen molar-refractivity contribution in [2.45, 2.75) is 19.4 Å². The van der Waals surface area contributed by atoms with Crippen molar-refractivity contribution in [2.24, 2.45) is 5.84 Å². The summed E-state index contributed by atoms with van der Waals surface area (Å²) in [5.41, 5.74) is 3.65. The lowest BCUT2D eigenvalue weighted by Crippen LogP contribution is -2.30. The van der Waals surface area contributed by atoms with E-state index in [-0.39, 0.29) is 18.0 Å². The number of nitrogens with one attached hydrogen (secondary N) is 1. The molecule has 1 aromatic carbocycles. The van der Waals surface area contributed by atoms with Gasteiger partial charge in [0.25, 0.3) is 0 Å². The zero-order valence-corrected chi connectivity index (χ0v) is 10.7. The van der Waals surface area contributed by atoms with Crippen molar-refractivity contribution in [3.63, 3.8) is 0 Å². The smallest absolute Gasteiger partial charge is 0.147 e. The number of nitrogens with two attached hydrogens (primary N) is 1. The zero-order valence-electron chi connectivity index (χ0n) is 9.90. The molecule has 1 rings (SSSR count). The van der Waals surface area contributed by atoms with Crippen molar-refractivity contribution in [1.82, 2.24) is 5.43 Å². The van der Waals surface area contributed by atoms with Crippen molar-refractivity contribution in [3.8, 4) is 0 Å². The van der Waals surface area contributed by atoms with Crippen LogP contribution in [-0.2, 0) is 9.84 Å². The van der Waals surface area contributed by atoms with E-state index in [0.29, 0.717) is 5.56 Å². The maximum atomic E-state index is 13.7. The quantitative estimate of drug-likeness (QED) is 0.613. The fraction of sp³-hybridized carbons (Fsp3) is 0.455. The van der Waals surface area contributed by atoms with Crippen molar-refractivity contribution in [3.05, 3.63) is 35.1 Å². The summed E-state index contributed by atoms with van der Waals surface area (Å²) in [5.74, 6) is 4.92. The fourth-order valence-electron chi connectivity index (χ4n) is 1.58. The highest BCUT2D eigenvalue weighted by molar-refractivity contribution is 7.90. The Morgan fingerprint density at radius 3 is 2.59 bits per heavy atom. The van der Waals surface area contributed by atoms with Gasteiger partial charge in [0.1, 0.15) is 15.7 Å². The Hall–Kier alpha value is -0.980. The average Bonchev–Trinajstić information content (AvgIpc) is 2.19. The van der Waals surface area contributed by atoms with Crippen LogP contribution in [0, 0.1) is 12.7 Å². The van der Waals surface area contributed by atoms with E-state index in [9.17, 15) is 12.8 Å². The summed E-state index contributed by atoms with van der Waals surface area (Å²) in [7, 11) is -3.08. The van der Waals surface area contributed by atoms with E-state index in [1.54, 1.807) is 19.1 Å². The standard InChI is InChI=1S/C11H17FN2O2S/c1-8-3-4-9(10(12)7-8)11(14-13)5-6-17(2,15)16/h3-4,7,11,14H,5-6,13H2,1-2H3. The molecule has 0 heterocycles. The Kier molecular flexibility index (Phi) is 4.62. The minimum absolute atomic E-state index is 0.0326. The maximum absolute atomic E-state index is 13.7. The molecule has 3 N–H and O–H groups in total. The second-order valence-electron chi connectivity index (χ2n) is 4.16. The maximum Gasteiger partial charge on any atom is 0.147 e. The Morgan fingerprint density at radius 2 is 2.12 bits per heavy atom. The molecule has 17 heavy (non-hydrogen) atoms. The van der Waals surface area contributed by atoms with Gasteiger partial charge in [-0.25, -0.2) is 12.8 Å². The first-order valence-electron chi connectivity index (χ1n) is 5.23. The highest BCUT2D eigenvalue weighted by atomic mass is 32.2. The number of hydrazine groups is 1. The summed E-state index contributed by atoms with van der Waals surface area (Å²) >= 11 is 0. The monoisotopic (exact) mass is 260 g/mol. The van der Waals surface area contributed by atoms with Gasteiger partial charge in [0.05, 0.1) is 5.75 Å². The lowest BCUT2D eigenvalue weighted by Gasteiger charge is -2.16. The fourth-order valence-corrected chi connectivity index (χ4v) is 2.24. The minimum atomic E-state index is -3.08. The Morgan fingerprint density at radius 1 is 1.47 bits per heavy atom. The van der Waals surface area contributed by atoms with Crippen molar-refractivity contribution in [2.75, 3.05) is 12.0 Å². The molecule has 96 valence electrons. The van der Waals surface area contributed by atoms with Gasteiger partial charge in [-0.15, -0.1) is 0 Å². The number of sulfone groups is 1. The third kappa shape index (κ3) is 4.41. The highest BCUT2D eigenvalue weighted by Crippen LogP contribution is 2.21. The second kappa shape index (κ2) is 5.57. The first kappa shape index (κ1) is 14.1. The predicted octanol–water partition coefficient (Wildman–Crippen LogP) is 1.07. The first-order valence-corrected chi connectivity index (χ1v) is 7.29. The molecule has 6 heteroatoms. The van der Waals surface area contributed by atoms with Gasteiger partial charge in [-0.1, -0.05) is 12.1 Å². The van der Waals surface area contributed by atoms with E-state index in [4.69, 9.17) is 5.84 Å². The summed E-state index contributed by atoms with van der Waals surface area (Å²) in [5, 5.41) is 0. The molecule has 0 fully saturated rings. The van der Waals surface area contributed by atoms with E-state index in [1.165, 1.54) is 6.07 Å². The molecule has 0 amide bonds. The van der Waals surface area contributed by atoms with Crippen LogP contribution in [0.1, 0.15) is 23.6 Å². The van der Waals surface area contributed by atoms with Crippen molar-refractivity contribution < 1.29 is 12.8 Å². The molecule has 0 bridgehead atoms. The van der Waals surface area contributed by atoms with Gasteiger partial charge in [0.2, 0.25) is 0 Å². The number of aryl methyl sites for hydroxylation is 1. The molecule has 4 nitrogen and oxygen atoms in total. The van der Waals surface area contributed by atoms with Crippen LogP contribution in [-0.4, -0.2) is 20.4 Å². The van der Waals surface area contributed by atoms with Crippen LogP contribution >= 0.6 is 0 Å². The van der Waals surface area contributed by atoms with Gasteiger partial charge in [-0.3, -0.25) is 11.3 Å². The van der Waals surface area contributed by atoms with Gasteiger partial charge in [-0.05, 0) is 25.0 Å². The van der Waals surface area contributed by atoms with E-state index < -0.39 is 15.9 Å². The van der Waals surface area contributed by atoms with Gasteiger partial charge in [0, 0.05) is 17.9 Å². The van der Waals surface area contributed by atoms with Crippen LogP contribution in [0.2, 0.25) is 0 Å². The zero-order chi connectivity index (χ0) is 13.1. The highest BCUT2D eigenvalue weighted by Gasteiger charge is 2.16. The van der Waals surface area contributed by atoms with Crippen LogP contribution in [0.3, 0.4) is 0 Å². The van der Waals surface area contributed by atoms with Crippen LogP contribution in [0.5, 0.6) is 0 Å². The molecule has 0 saturated carbocycles. The number of halogens is 1. The molecule has 1 aromatic rings. The first-order chi connectivity index (χ1) is 7.83. The van der Waals surface area contributed by atoms with E-state index in [0.717, 1.165) is 11.8 Å². The van der Waals surface area contributed by atoms with E-state index >= 15 is 0 Å². The Balaban J connectivity index is 2.86. The topological polar surface area (TPSA) is 72.2 Å². The van der Waals surface area contributed by atoms with Crippen LogP contribution in [0.25, 0.3) is 0 Å². The number of hydrogen-bond acceptors (Lipinski definition) is 4. The van der Waals surface area contributed by atoms with E-state index in [2.05, 4.69) is 5.43 Å². The number of benzene rings is 1. The van der Waals surface area contributed by atoms with Gasteiger partial charge in [0.15, 0.2) is 0 Å². The molecule has 0 radical (unpaired) electrons. The minimum Gasteiger partial charge on any atom is -0.271 e. The normalized spacial score (nSPS) is 13.6. The van der Waals surface area contributed by atoms with Gasteiger partial charge >= 0.3 is 0 Å². The third-order valence-electron chi connectivity index (χ3n) is 2.51. The predicted molar refractivity (Wildman–Crippen MR) is 65.5 cm³/mol. The number of rotatable bonds is 5. The SMILES string of the molecule is Cc1ccc(C(CCS(C)(=O)=O)NN)c(F)c1. The van der Waals surface area contributed by atoms with Gasteiger partial charge < -0.3 is 0 Å². The lowest BCUT2D eigenvalue weighted by atomic mass is 10.0. The summed E-state index contributed by atoms with van der Waals surface area (Å²) in [4.78, 5) is 0. The summed E-state index contributed by atoms with van der Waals surface area (Å²) in [6, 6.07) is 4.30. The van der Waals surface area contributed by atoms with Crippen molar-refractivity contribution >= 4 is 9.84 Å². The van der Waals surface area contributed by atoms with Crippen LogP contribution < -0.4 is 11.3 Å². The van der Waals surface area contributed by atoms with Crippen molar-refractivity contribution in [1.29, 1.82) is 0 Å². The molecule has 0 aliphatic carbocycles. The Bertz CT molecular complexity index is 488. The molecule has 0 aliphatic heterocycles. The molecule has 1 atom stereocenters. The molecular weight excluding hydrogens is 243 g/mol. The van der Waals surface area contributed by atoms with E-state index in [1.807, 2.05) is 0 Å². The number of hydrogen-bond donors (Lipinski definition) is 2. The molecule has 0 spiro atoms. The lowest BCUT2D eigenvalue weighted by molar-refractivity contribution is 0.498. The average molecular weight is 260 g/mol. The molecule has 0 aliphatic rings. The second-order valence-corrected chi connectivity index (χ2v) is 6.42. The largest absolute Gasteiger partial charge is 0.271 e. The molecule has 0 saturated heterocycles. The summed E-state index contributed by atoms with van der Waals surface area (Å²) < 4.78 is 35.8. The molecule has 0 aromatic heterocycles. The molecular formula is C11H17FN2O2S. The third-order valence-corrected chi connectivity index (χ3v) is 3.49.